The monoisotopic (exact) mass is 577 g/mol. The standard InChI is InChI=1S/C40H53N2O/c1-8-27-41-35-21-12-10-19-33(35)39(3,4)37(41)25-23-30-16-14-17-31(32(30)18-15-29-43-7)24-26-38-40(5,6)34-20-11-13-22-36(34)42(38)28-9-2/h10-13,19-26H,8-9,14-18,27-29H2,1-7H3/q+1. The minimum atomic E-state index is -0.0113. The van der Waals surface area contributed by atoms with Gasteiger partial charge in [0.25, 0.3) is 0 Å². The third-order valence-corrected chi connectivity index (χ3v) is 9.82. The van der Waals surface area contributed by atoms with Crippen molar-refractivity contribution in [3.8, 4) is 0 Å². The summed E-state index contributed by atoms with van der Waals surface area (Å²) >= 11 is 0. The molecule has 2 aromatic carbocycles. The second-order valence-corrected chi connectivity index (χ2v) is 13.5. The molecule has 0 N–H and O–H groups in total. The lowest BCUT2D eigenvalue weighted by Gasteiger charge is -2.27. The molecule has 0 radical (unpaired) electrons. The minimum absolute atomic E-state index is 0.0113. The van der Waals surface area contributed by atoms with E-state index in [1.54, 1.807) is 0 Å². The van der Waals surface area contributed by atoms with E-state index < -0.39 is 0 Å². The molecule has 2 heterocycles. The van der Waals surface area contributed by atoms with Gasteiger partial charge in [-0.25, -0.2) is 0 Å². The summed E-state index contributed by atoms with van der Waals surface area (Å²) in [6, 6.07) is 17.9. The highest BCUT2D eigenvalue weighted by Crippen LogP contribution is 2.48. The van der Waals surface area contributed by atoms with E-state index in [-0.39, 0.29) is 10.8 Å². The number of hydrogen-bond acceptors (Lipinski definition) is 2. The maximum Gasteiger partial charge on any atom is 0.209 e. The van der Waals surface area contributed by atoms with Crippen LogP contribution in [0.2, 0.25) is 0 Å². The molecule has 0 spiro atoms. The summed E-state index contributed by atoms with van der Waals surface area (Å²) in [6.45, 7) is 17.0. The SMILES string of the molecule is CCCN1/C(=C/C=C2\CCCC(/C=C/C3=[N+](CCC)c4ccccc4C3(C)C)=C2CCCOC)C(C)(C)c2ccccc21. The Morgan fingerprint density at radius 2 is 1.60 bits per heavy atom. The van der Waals surface area contributed by atoms with Crippen molar-refractivity contribution in [3.63, 3.8) is 0 Å². The summed E-state index contributed by atoms with van der Waals surface area (Å²) < 4.78 is 8.06. The Kier molecular flexibility index (Phi) is 9.61. The number of benzene rings is 2. The number of anilines is 1. The van der Waals surface area contributed by atoms with E-state index in [1.165, 1.54) is 57.1 Å². The summed E-state index contributed by atoms with van der Waals surface area (Å²) in [6.07, 6.45) is 17.7. The van der Waals surface area contributed by atoms with Gasteiger partial charge in [-0.15, -0.1) is 0 Å². The highest BCUT2D eigenvalue weighted by molar-refractivity contribution is 6.03. The maximum atomic E-state index is 5.50. The molecule has 43 heavy (non-hydrogen) atoms. The van der Waals surface area contributed by atoms with Crippen molar-refractivity contribution in [2.75, 3.05) is 31.7 Å². The fraction of sp³-hybridized carbons (Fsp3) is 0.475. The Morgan fingerprint density at radius 3 is 2.35 bits per heavy atom. The van der Waals surface area contributed by atoms with Gasteiger partial charge in [-0.3, -0.25) is 0 Å². The summed E-state index contributed by atoms with van der Waals surface area (Å²) in [5.74, 6) is 0. The van der Waals surface area contributed by atoms with E-state index in [9.17, 15) is 0 Å². The molecule has 0 fully saturated rings. The van der Waals surface area contributed by atoms with Crippen LogP contribution in [0.1, 0.15) is 97.6 Å². The fourth-order valence-corrected chi connectivity index (χ4v) is 7.63. The van der Waals surface area contributed by atoms with Crippen LogP contribution in [0.4, 0.5) is 11.4 Å². The zero-order valence-electron chi connectivity index (χ0n) is 27.8. The van der Waals surface area contributed by atoms with Crippen LogP contribution in [-0.2, 0) is 15.6 Å². The van der Waals surface area contributed by atoms with Crippen LogP contribution in [-0.4, -0.2) is 37.1 Å². The molecule has 2 aromatic rings. The first-order valence-corrected chi connectivity index (χ1v) is 16.7. The first-order chi connectivity index (χ1) is 20.7. The van der Waals surface area contributed by atoms with Crippen molar-refractivity contribution in [1.29, 1.82) is 0 Å². The molecule has 3 nitrogen and oxygen atoms in total. The van der Waals surface area contributed by atoms with Gasteiger partial charge in [0.2, 0.25) is 5.69 Å². The van der Waals surface area contributed by atoms with Gasteiger partial charge in [0.15, 0.2) is 5.71 Å². The fourth-order valence-electron chi connectivity index (χ4n) is 7.63. The summed E-state index contributed by atoms with van der Waals surface area (Å²) in [5.41, 5.74) is 13.0. The summed E-state index contributed by atoms with van der Waals surface area (Å²) in [7, 11) is 1.82. The van der Waals surface area contributed by atoms with Crippen molar-refractivity contribution in [3.05, 3.63) is 106 Å². The lowest BCUT2D eigenvalue weighted by Crippen LogP contribution is -2.28. The summed E-state index contributed by atoms with van der Waals surface area (Å²) in [4.78, 5) is 2.56. The molecule has 0 amide bonds. The molecular weight excluding hydrogens is 524 g/mol. The highest BCUT2D eigenvalue weighted by Gasteiger charge is 2.44. The number of ether oxygens (including phenoxy) is 1. The smallest absolute Gasteiger partial charge is 0.209 e. The lowest BCUT2D eigenvalue weighted by atomic mass is 9.80. The average Bonchev–Trinajstić information content (AvgIpc) is 3.35. The van der Waals surface area contributed by atoms with E-state index in [1.807, 2.05) is 7.11 Å². The number of methoxy groups -OCH3 is 1. The summed E-state index contributed by atoms with van der Waals surface area (Å²) in [5, 5.41) is 0. The Hall–Kier alpha value is -3.17. The van der Waals surface area contributed by atoms with E-state index >= 15 is 0 Å². The van der Waals surface area contributed by atoms with Crippen LogP contribution in [0.15, 0.2) is 95.3 Å². The Balaban J connectivity index is 1.55. The molecule has 2 aliphatic heterocycles. The van der Waals surface area contributed by atoms with Crippen molar-refractivity contribution in [2.45, 2.75) is 97.3 Å². The molecule has 0 unspecified atom stereocenters. The van der Waals surface area contributed by atoms with Gasteiger partial charge in [0.1, 0.15) is 6.54 Å². The van der Waals surface area contributed by atoms with Gasteiger partial charge in [0, 0.05) is 61.2 Å². The molecule has 1 aliphatic carbocycles. The van der Waals surface area contributed by atoms with Crippen LogP contribution < -0.4 is 4.90 Å². The highest BCUT2D eigenvalue weighted by atomic mass is 16.5. The van der Waals surface area contributed by atoms with Gasteiger partial charge in [0.05, 0.1) is 5.41 Å². The number of rotatable bonds is 11. The van der Waals surface area contributed by atoms with Crippen LogP contribution in [0.25, 0.3) is 0 Å². The Morgan fingerprint density at radius 1 is 0.860 bits per heavy atom. The molecule has 5 rings (SSSR count). The van der Waals surface area contributed by atoms with E-state index in [4.69, 9.17) is 4.74 Å². The molecular formula is C40H53N2O+. The zero-order valence-corrected chi connectivity index (χ0v) is 27.8. The van der Waals surface area contributed by atoms with E-state index in [2.05, 4.69) is 124 Å². The van der Waals surface area contributed by atoms with Crippen molar-refractivity contribution >= 4 is 17.1 Å². The molecule has 0 saturated carbocycles. The van der Waals surface area contributed by atoms with Crippen molar-refractivity contribution in [2.24, 2.45) is 0 Å². The third-order valence-electron chi connectivity index (χ3n) is 9.82. The molecule has 3 heteroatoms. The Bertz CT molecular complexity index is 1480. The second kappa shape index (κ2) is 13.2. The molecule has 228 valence electrons. The van der Waals surface area contributed by atoms with Gasteiger partial charge in [-0.05, 0) is 86.8 Å². The minimum Gasteiger partial charge on any atom is -0.385 e. The number of fused-ring (bicyclic) bond motifs is 2. The molecule has 0 bridgehead atoms. The number of allylic oxidation sites excluding steroid dienone is 8. The maximum absolute atomic E-state index is 5.50. The van der Waals surface area contributed by atoms with Crippen LogP contribution in [0.3, 0.4) is 0 Å². The van der Waals surface area contributed by atoms with E-state index in [0.717, 1.165) is 58.2 Å². The van der Waals surface area contributed by atoms with E-state index in [0.29, 0.717) is 0 Å². The molecule has 0 atom stereocenters. The van der Waals surface area contributed by atoms with Gasteiger partial charge in [-0.2, -0.15) is 4.58 Å². The van der Waals surface area contributed by atoms with Gasteiger partial charge >= 0.3 is 0 Å². The van der Waals surface area contributed by atoms with Gasteiger partial charge in [-0.1, -0.05) is 76.2 Å². The predicted octanol–water partition coefficient (Wildman–Crippen LogP) is 9.95. The zero-order chi connectivity index (χ0) is 30.6. The number of nitrogens with zero attached hydrogens (tertiary/aromatic N) is 2. The van der Waals surface area contributed by atoms with Crippen LogP contribution in [0.5, 0.6) is 0 Å². The molecule has 0 saturated heterocycles. The third kappa shape index (κ3) is 5.98. The van der Waals surface area contributed by atoms with Crippen LogP contribution >= 0.6 is 0 Å². The van der Waals surface area contributed by atoms with Crippen molar-refractivity contribution in [1.82, 2.24) is 0 Å². The largest absolute Gasteiger partial charge is 0.385 e. The van der Waals surface area contributed by atoms with Crippen LogP contribution in [0, 0.1) is 0 Å². The quantitative estimate of drug-likeness (QED) is 0.195. The van der Waals surface area contributed by atoms with Crippen molar-refractivity contribution < 1.29 is 9.31 Å². The predicted molar refractivity (Wildman–Crippen MR) is 184 cm³/mol. The molecule has 0 aromatic heterocycles. The first kappa shape index (κ1) is 31.3. The molecule has 3 aliphatic rings. The Labute approximate surface area is 261 Å². The topological polar surface area (TPSA) is 15.5 Å². The normalized spacial score (nSPS) is 21.0. The number of para-hydroxylation sites is 2. The van der Waals surface area contributed by atoms with Gasteiger partial charge < -0.3 is 9.64 Å². The average molecular weight is 578 g/mol. The number of hydrogen-bond donors (Lipinski definition) is 0. The second-order valence-electron chi connectivity index (χ2n) is 13.5. The lowest BCUT2D eigenvalue weighted by molar-refractivity contribution is -0.437. The first-order valence-electron chi connectivity index (χ1n) is 16.7.